The van der Waals surface area contributed by atoms with Gasteiger partial charge in [0.2, 0.25) is 0 Å². The number of hydrogen-bond acceptors (Lipinski definition) is 4. The Bertz CT molecular complexity index is 1170. The van der Waals surface area contributed by atoms with Crippen LogP contribution in [0.4, 0.5) is 0 Å². The maximum atomic E-state index is 6.01. The van der Waals surface area contributed by atoms with Crippen LogP contribution in [0.15, 0.2) is 79.0 Å². The first-order valence-corrected chi connectivity index (χ1v) is 13.6. The van der Waals surface area contributed by atoms with Gasteiger partial charge >= 0.3 is 209 Å². The molecule has 5 nitrogen and oxygen atoms in total. The number of nitrogens with zero attached hydrogens (tertiary/aromatic N) is 3. The van der Waals surface area contributed by atoms with Crippen LogP contribution >= 0.6 is 0 Å². The van der Waals surface area contributed by atoms with Crippen LogP contribution in [-0.4, -0.2) is 43.2 Å². The van der Waals surface area contributed by atoms with E-state index in [2.05, 4.69) is 66.6 Å². The molecule has 0 aliphatic rings. The van der Waals surface area contributed by atoms with Crippen molar-refractivity contribution in [1.82, 2.24) is 15.0 Å². The van der Waals surface area contributed by atoms with Gasteiger partial charge in [-0.1, -0.05) is 0 Å². The molecule has 3 aromatic carbocycles. The Morgan fingerprint density at radius 1 is 0.794 bits per heavy atom. The van der Waals surface area contributed by atoms with Crippen LogP contribution < -0.4 is 18.4 Å². The van der Waals surface area contributed by atoms with E-state index in [4.69, 9.17) is 9.47 Å². The molecule has 0 spiro atoms. The molecule has 0 amide bonds. The van der Waals surface area contributed by atoms with E-state index in [1.165, 1.54) is 8.92 Å². The number of aromatic nitrogens is 3. The first-order chi connectivity index (χ1) is 16.8. The molecule has 1 heterocycles. The van der Waals surface area contributed by atoms with Gasteiger partial charge in [0.05, 0.1) is 0 Å². The van der Waals surface area contributed by atoms with Crippen molar-refractivity contribution in [2.24, 2.45) is 0 Å². The molecule has 34 heavy (non-hydrogen) atoms. The summed E-state index contributed by atoms with van der Waals surface area (Å²) in [5, 5.41) is 8.93. The third kappa shape index (κ3) is 6.28. The zero-order chi connectivity index (χ0) is 23.6. The van der Waals surface area contributed by atoms with Gasteiger partial charge in [0.25, 0.3) is 0 Å². The van der Waals surface area contributed by atoms with Crippen LogP contribution in [0.5, 0.6) is 11.5 Å². The molecule has 6 heteroatoms. The normalized spacial score (nSPS) is 10.9. The fourth-order valence-corrected chi connectivity index (χ4v) is 5.40. The summed E-state index contributed by atoms with van der Waals surface area (Å²) < 4.78 is 16.2. The zero-order valence-electron chi connectivity index (χ0n) is 19.8. The maximum absolute atomic E-state index is 6.01. The van der Waals surface area contributed by atoms with Crippen molar-refractivity contribution in [3.05, 3.63) is 79.0 Å². The number of unbranched alkanes of at least 4 members (excludes halogenated alkanes) is 2. The second kappa shape index (κ2) is 12.4. The minimum absolute atomic E-state index is 0.131. The van der Waals surface area contributed by atoms with Gasteiger partial charge in [-0.2, -0.15) is 0 Å². The Hall–Kier alpha value is -3.08. The number of rotatable bonds is 12. The molecule has 0 aliphatic carbocycles. The van der Waals surface area contributed by atoms with Gasteiger partial charge in [-0.3, -0.25) is 0 Å². The van der Waals surface area contributed by atoms with Gasteiger partial charge in [-0.05, 0) is 0 Å². The van der Waals surface area contributed by atoms with Crippen LogP contribution in [0.25, 0.3) is 16.9 Å². The monoisotopic (exact) mass is 521 g/mol. The Kier molecular flexibility index (Phi) is 8.77. The van der Waals surface area contributed by atoms with Crippen LogP contribution in [0.3, 0.4) is 0 Å². The van der Waals surface area contributed by atoms with Crippen molar-refractivity contribution < 1.29 is 9.47 Å². The molecule has 4 aromatic rings. The topological polar surface area (TPSA) is 49.2 Å². The Labute approximate surface area is 208 Å². The third-order valence-electron chi connectivity index (χ3n) is 5.34. The summed E-state index contributed by atoms with van der Waals surface area (Å²) in [7, 11) is 0. The average molecular weight is 521 g/mol. The summed E-state index contributed by atoms with van der Waals surface area (Å²) in [6.07, 6.45) is 6.34. The Balaban J connectivity index is 1.52. The molecular formula is C28H31N3O2Se. The predicted octanol–water partition coefficient (Wildman–Crippen LogP) is 4.95. The van der Waals surface area contributed by atoms with Crippen molar-refractivity contribution in [3.8, 4) is 28.4 Å². The standard InChI is InChI=1S/C28H31N3O2Se/c1-3-5-19-32-22-15-17-23(18-16-22)34-28-14-10-8-12-26(28)31-21-25(29-30-31)24-11-7-9-13-27(24)33-20-6-4-2/h7-18,21H,3-6,19-20H2,1-2H3. The van der Waals surface area contributed by atoms with E-state index in [1.807, 2.05) is 41.2 Å². The molecule has 0 atom stereocenters. The van der Waals surface area contributed by atoms with Crippen molar-refractivity contribution in [2.75, 3.05) is 13.2 Å². The summed E-state index contributed by atoms with van der Waals surface area (Å²) in [5.41, 5.74) is 2.82. The Morgan fingerprint density at radius 2 is 1.50 bits per heavy atom. The van der Waals surface area contributed by atoms with E-state index in [0.717, 1.165) is 60.7 Å². The number of benzene rings is 3. The SMILES string of the molecule is CCCCOc1ccc([Se]c2ccccc2-n2cc(-c3ccccc3OCCCC)nn2)cc1. The van der Waals surface area contributed by atoms with Crippen molar-refractivity contribution in [1.29, 1.82) is 0 Å². The van der Waals surface area contributed by atoms with Gasteiger partial charge in [-0.15, -0.1) is 0 Å². The van der Waals surface area contributed by atoms with E-state index in [1.54, 1.807) is 0 Å². The second-order valence-corrected chi connectivity index (χ2v) is 10.3. The minimum atomic E-state index is 0.131. The van der Waals surface area contributed by atoms with E-state index in [-0.39, 0.29) is 15.0 Å². The fourth-order valence-electron chi connectivity index (χ4n) is 3.43. The van der Waals surface area contributed by atoms with Gasteiger partial charge in [0.1, 0.15) is 0 Å². The van der Waals surface area contributed by atoms with Crippen molar-refractivity contribution in [2.45, 2.75) is 39.5 Å². The fraction of sp³-hybridized carbons (Fsp3) is 0.286. The summed E-state index contributed by atoms with van der Waals surface area (Å²) in [6, 6.07) is 24.9. The third-order valence-corrected chi connectivity index (χ3v) is 7.59. The molecule has 1 aromatic heterocycles. The molecule has 0 N–H and O–H groups in total. The Morgan fingerprint density at radius 3 is 2.29 bits per heavy atom. The first kappa shape index (κ1) is 24.1. The first-order valence-electron chi connectivity index (χ1n) is 11.9. The van der Waals surface area contributed by atoms with Crippen LogP contribution in [0, 0.1) is 0 Å². The molecule has 0 bridgehead atoms. The van der Waals surface area contributed by atoms with E-state index in [0.29, 0.717) is 6.61 Å². The molecule has 0 saturated heterocycles. The van der Waals surface area contributed by atoms with Crippen molar-refractivity contribution in [3.63, 3.8) is 0 Å². The van der Waals surface area contributed by atoms with Gasteiger partial charge in [0.15, 0.2) is 0 Å². The molecule has 0 aliphatic heterocycles. The van der Waals surface area contributed by atoms with E-state index >= 15 is 0 Å². The molecular weight excluding hydrogens is 489 g/mol. The predicted molar refractivity (Wildman–Crippen MR) is 139 cm³/mol. The molecule has 0 fully saturated rings. The second-order valence-electron chi connectivity index (χ2n) is 7.99. The van der Waals surface area contributed by atoms with Gasteiger partial charge in [0, 0.05) is 0 Å². The van der Waals surface area contributed by atoms with Crippen LogP contribution in [0.1, 0.15) is 39.5 Å². The molecule has 0 unspecified atom stereocenters. The summed E-state index contributed by atoms with van der Waals surface area (Å²) in [4.78, 5) is 0. The average Bonchev–Trinajstić information content (AvgIpc) is 3.36. The van der Waals surface area contributed by atoms with E-state index in [9.17, 15) is 0 Å². The quantitative estimate of drug-likeness (QED) is 0.196. The molecule has 4 rings (SSSR count). The number of para-hydroxylation sites is 2. The molecule has 176 valence electrons. The zero-order valence-corrected chi connectivity index (χ0v) is 21.5. The summed E-state index contributed by atoms with van der Waals surface area (Å²) in [5.74, 6) is 1.78. The van der Waals surface area contributed by atoms with Crippen LogP contribution in [-0.2, 0) is 0 Å². The van der Waals surface area contributed by atoms with E-state index < -0.39 is 0 Å². The van der Waals surface area contributed by atoms with Gasteiger partial charge < -0.3 is 0 Å². The van der Waals surface area contributed by atoms with Crippen molar-refractivity contribution >= 4 is 23.9 Å². The molecule has 0 saturated carbocycles. The van der Waals surface area contributed by atoms with Crippen LogP contribution in [0.2, 0.25) is 0 Å². The summed E-state index contributed by atoms with van der Waals surface area (Å²) in [6.45, 7) is 5.81. The number of ether oxygens (including phenoxy) is 2. The molecule has 0 radical (unpaired) electrons. The van der Waals surface area contributed by atoms with Gasteiger partial charge in [-0.25, -0.2) is 0 Å². The number of hydrogen-bond donors (Lipinski definition) is 0. The summed E-state index contributed by atoms with van der Waals surface area (Å²) >= 11 is 0.131.